The lowest BCUT2D eigenvalue weighted by Crippen LogP contribution is -2.50. The summed E-state index contributed by atoms with van der Waals surface area (Å²) in [4.78, 5) is 11.9. The van der Waals surface area contributed by atoms with Crippen LogP contribution in [0.2, 0.25) is 0 Å². The zero-order chi connectivity index (χ0) is 20.5. The number of carbonyl (C=O) groups is 1. The molecule has 0 aromatic carbocycles. The minimum Gasteiger partial charge on any atom is -0.391 e. The van der Waals surface area contributed by atoms with Gasteiger partial charge in [0.25, 0.3) is 0 Å². The molecule has 0 aromatic rings. The molecule has 27 heavy (non-hydrogen) atoms. The highest BCUT2D eigenvalue weighted by Crippen LogP contribution is 2.14. The number of hydrogen-bond acceptors (Lipinski definition) is 3. The largest absolute Gasteiger partial charge is 0.391 e. The van der Waals surface area contributed by atoms with Gasteiger partial charge in [-0.2, -0.15) is 0 Å². The minimum atomic E-state index is -0.504. The van der Waals surface area contributed by atoms with Crippen LogP contribution in [0.15, 0.2) is 0 Å². The Morgan fingerprint density at radius 2 is 1.22 bits per heavy atom. The first-order valence-corrected chi connectivity index (χ1v) is 11.6. The Morgan fingerprint density at radius 3 is 1.63 bits per heavy atom. The Labute approximate surface area is 169 Å². The highest BCUT2D eigenvalue weighted by Gasteiger charge is 2.22. The number of aliphatic hydroxyl groups is 1. The lowest BCUT2D eigenvalue weighted by atomic mass is 10.0. The molecular formula is C23H48N2O2. The predicted molar refractivity (Wildman–Crippen MR) is 117 cm³/mol. The Balaban J connectivity index is 3.50. The molecule has 0 aliphatic heterocycles. The van der Waals surface area contributed by atoms with E-state index in [0.29, 0.717) is 0 Å². The van der Waals surface area contributed by atoms with E-state index in [1.165, 1.54) is 77.0 Å². The van der Waals surface area contributed by atoms with E-state index in [-0.39, 0.29) is 17.9 Å². The topological polar surface area (TPSA) is 75.3 Å². The van der Waals surface area contributed by atoms with Crippen LogP contribution in [0.25, 0.3) is 0 Å². The van der Waals surface area contributed by atoms with E-state index in [0.717, 1.165) is 12.8 Å². The minimum absolute atomic E-state index is 0.107. The fraction of sp³-hybridized carbons (Fsp3) is 0.957. The van der Waals surface area contributed by atoms with Gasteiger partial charge in [0, 0.05) is 0 Å². The first-order valence-electron chi connectivity index (χ1n) is 11.6. The summed E-state index contributed by atoms with van der Waals surface area (Å²) in [7, 11) is 0. The number of rotatable bonds is 18. The molecule has 3 atom stereocenters. The van der Waals surface area contributed by atoms with Crippen LogP contribution in [0, 0.1) is 5.92 Å². The van der Waals surface area contributed by atoms with Crippen molar-refractivity contribution < 1.29 is 9.90 Å². The van der Waals surface area contributed by atoms with Gasteiger partial charge in [0.2, 0.25) is 5.91 Å². The van der Waals surface area contributed by atoms with Crippen molar-refractivity contribution in [3.8, 4) is 0 Å². The van der Waals surface area contributed by atoms with Crippen LogP contribution < -0.4 is 11.1 Å². The van der Waals surface area contributed by atoms with Gasteiger partial charge in [-0.15, -0.1) is 0 Å². The summed E-state index contributed by atoms with van der Waals surface area (Å²) < 4.78 is 0. The highest BCUT2D eigenvalue weighted by molar-refractivity contribution is 5.82. The lowest BCUT2D eigenvalue weighted by Gasteiger charge is -2.23. The highest BCUT2D eigenvalue weighted by atomic mass is 16.3. The van der Waals surface area contributed by atoms with Crippen molar-refractivity contribution in [1.82, 2.24) is 5.32 Å². The molecule has 0 aliphatic carbocycles. The number of nitrogens with one attached hydrogen (secondary N) is 1. The van der Waals surface area contributed by atoms with Crippen molar-refractivity contribution in [3.05, 3.63) is 0 Å². The van der Waals surface area contributed by atoms with Crippen molar-refractivity contribution in [3.63, 3.8) is 0 Å². The van der Waals surface area contributed by atoms with E-state index >= 15 is 0 Å². The lowest BCUT2D eigenvalue weighted by molar-refractivity contribution is -0.124. The third kappa shape index (κ3) is 15.0. The van der Waals surface area contributed by atoms with Crippen LogP contribution in [0.4, 0.5) is 0 Å². The van der Waals surface area contributed by atoms with E-state index in [4.69, 9.17) is 5.73 Å². The van der Waals surface area contributed by atoms with E-state index in [9.17, 15) is 9.90 Å². The van der Waals surface area contributed by atoms with Crippen LogP contribution in [0.1, 0.15) is 118 Å². The third-order valence-corrected chi connectivity index (χ3v) is 5.57. The van der Waals surface area contributed by atoms with Crippen LogP contribution in [0.5, 0.6) is 0 Å². The number of carbonyl (C=O) groups excluding carboxylic acids is 1. The monoisotopic (exact) mass is 384 g/mol. The maximum atomic E-state index is 11.9. The zero-order valence-electron chi connectivity index (χ0n) is 18.6. The van der Waals surface area contributed by atoms with Crippen LogP contribution >= 0.6 is 0 Å². The summed E-state index contributed by atoms with van der Waals surface area (Å²) >= 11 is 0. The summed E-state index contributed by atoms with van der Waals surface area (Å²) in [6.45, 7) is 7.98. The number of nitrogens with two attached hydrogens (primary N) is 1. The van der Waals surface area contributed by atoms with Crippen molar-refractivity contribution in [2.24, 2.45) is 11.7 Å². The van der Waals surface area contributed by atoms with Gasteiger partial charge in [-0.25, -0.2) is 0 Å². The van der Waals surface area contributed by atoms with Gasteiger partial charge in [0.1, 0.15) is 0 Å². The molecule has 4 heteroatoms. The Hall–Kier alpha value is -0.610. The molecule has 4 nitrogen and oxygen atoms in total. The molecule has 0 saturated carbocycles. The van der Waals surface area contributed by atoms with Gasteiger partial charge >= 0.3 is 0 Å². The summed E-state index contributed by atoms with van der Waals surface area (Å²) in [6, 6.07) is -0.740. The molecule has 4 N–H and O–H groups in total. The number of hydrogen-bond donors (Lipinski definition) is 3. The van der Waals surface area contributed by atoms with E-state index in [1.54, 1.807) is 0 Å². The maximum absolute atomic E-state index is 11.9. The van der Waals surface area contributed by atoms with Crippen LogP contribution in [-0.2, 0) is 4.79 Å². The molecule has 0 spiro atoms. The molecular weight excluding hydrogens is 336 g/mol. The van der Waals surface area contributed by atoms with E-state index < -0.39 is 12.1 Å². The summed E-state index contributed by atoms with van der Waals surface area (Å²) in [5.74, 6) is -0.0580. The fourth-order valence-corrected chi connectivity index (χ4v) is 3.34. The van der Waals surface area contributed by atoms with Crippen molar-refractivity contribution in [2.75, 3.05) is 0 Å². The Bertz CT molecular complexity index is 347. The van der Waals surface area contributed by atoms with Gasteiger partial charge in [-0.05, 0) is 19.3 Å². The normalized spacial score (nSPS) is 14.9. The quantitative estimate of drug-likeness (QED) is 0.280. The Kier molecular flexibility index (Phi) is 17.1. The number of amides is 1. The van der Waals surface area contributed by atoms with Gasteiger partial charge in [-0.3, -0.25) is 4.79 Å². The molecule has 0 aromatic heterocycles. The second kappa shape index (κ2) is 17.5. The standard InChI is InChI=1S/C23H48N2O2/c1-5-6-7-8-9-10-11-12-13-14-15-16-17-18-21(26)20(4)25-23(27)22(24)19(2)3/h19-22,26H,5-18,24H2,1-4H3,(H,25,27)/t20-,21+,22-/m0/s1. The maximum Gasteiger partial charge on any atom is 0.237 e. The van der Waals surface area contributed by atoms with Gasteiger partial charge in [-0.1, -0.05) is 104 Å². The third-order valence-electron chi connectivity index (χ3n) is 5.57. The SMILES string of the molecule is CCCCCCCCCCCCCCC[C@@H](O)[C@H](C)NC(=O)[C@@H](N)C(C)C. The van der Waals surface area contributed by atoms with Gasteiger partial charge in [0.15, 0.2) is 0 Å². The molecule has 0 aliphatic rings. The smallest absolute Gasteiger partial charge is 0.237 e. The van der Waals surface area contributed by atoms with E-state index in [2.05, 4.69) is 12.2 Å². The van der Waals surface area contributed by atoms with Crippen LogP contribution in [0.3, 0.4) is 0 Å². The number of aliphatic hydroxyl groups excluding tert-OH is 1. The molecule has 0 unspecified atom stereocenters. The Morgan fingerprint density at radius 1 is 0.815 bits per heavy atom. The molecule has 0 bridgehead atoms. The average molecular weight is 385 g/mol. The molecule has 0 fully saturated rings. The van der Waals surface area contributed by atoms with E-state index in [1.807, 2.05) is 20.8 Å². The summed E-state index contributed by atoms with van der Waals surface area (Å²) in [6.07, 6.45) is 17.5. The molecule has 0 radical (unpaired) electrons. The van der Waals surface area contributed by atoms with Gasteiger partial charge in [0.05, 0.1) is 18.2 Å². The van der Waals surface area contributed by atoms with Crippen LogP contribution in [-0.4, -0.2) is 29.2 Å². The summed E-state index contributed by atoms with van der Waals surface area (Å²) in [5.41, 5.74) is 5.84. The number of unbranched alkanes of at least 4 members (excludes halogenated alkanes) is 12. The zero-order valence-corrected chi connectivity index (χ0v) is 18.6. The molecule has 0 saturated heterocycles. The first-order chi connectivity index (χ1) is 12.9. The predicted octanol–water partition coefficient (Wildman–Crippen LogP) is 5.32. The molecule has 0 rings (SSSR count). The molecule has 162 valence electrons. The van der Waals surface area contributed by atoms with Crippen molar-refractivity contribution >= 4 is 5.91 Å². The molecule has 0 heterocycles. The average Bonchev–Trinajstić information content (AvgIpc) is 2.64. The van der Waals surface area contributed by atoms with Crippen molar-refractivity contribution in [1.29, 1.82) is 0 Å². The molecule has 1 amide bonds. The first kappa shape index (κ1) is 26.4. The van der Waals surface area contributed by atoms with Gasteiger partial charge < -0.3 is 16.2 Å². The fourth-order valence-electron chi connectivity index (χ4n) is 3.34. The second-order valence-corrected chi connectivity index (χ2v) is 8.67. The van der Waals surface area contributed by atoms with Crippen molar-refractivity contribution in [2.45, 2.75) is 136 Å². The second-order valence-electron chi connectivity index (χ2n) is 8.67. The summed E-state index contributed by atoms with van der Waals surface area (Å²) in [5, 5.41) is 13.1.